The Morgan fingerprint density at radius 3 is 2.50 bits per heavy atom. The Morgan fingerprint density at radius 2 is 2.00 bits per heavy atom. The highest BCUT2D eigenvalue weighted by Gasteiger charge is 2.59. The molecule has 140 valence electrons. The molecular formula is C18H22N2O5S. The molecule has 26 heavy (non-hydrogen) atoms. The number of hydrogen-bond donors (Lipinski definition) is 1. The second-order valence-electron chi connectivity index (χ2n) is 7.35. The van der Waals surface area contributed by atoms with Crippen LogP contribution in [-0.2, 0) is 4.79 Å². The number of thioether (sulfide) groups is 1. The van der Waals surface area contributed by atoms with Crippen molar-refractivity contribution in [3.63, 3.8) is 0 Å². The van der Waals surface area contributed by atoms with E-state index in [-0.39, 0.29) is 28.2 Å². The number of carboxylic acids is 1. The van der Waals surface area contributed by atoms with E-state index in [1.54, 1.807) is 11.0 Å². The summed E-state index contributed by atoms with van der Waals surface area (Å²) in [5.41, 5.74) is 0.114. The van der Waals surface area contributed by atoms with Crippen molar-refractivity contribution in [1.29, 1.82) is 0 Å². The Morgan fingerprint density at radius 1 is 1.35 bits per heavy atom. The number of likely N-dealkylation sites (tertiary alicyclic amines) is 1. The van der Waals surface area contributed by atoms with Crippen LogP contribution in [0, 0.1) is 21.4 Å². The molecule has 1 spiro atoms. The molecule has 7 nitrogen and oxygen atoms in total. The molecule has 1 aromatic rings. The average molecular weight is 378 g/mol. The Kier molecular flexibility index (Phi) is 4.96. The van der Waals surface area contributed by atoms with E-state index < -0.39 is 10.9 Å². The minimum absolute atomic E-state index is 0.0944. The molecule has 1 atom stereocenters. The molecule has 1 N–H and O–H groups in total. The van der Waals surface area contributed by atoms with E-state index in [1.807, 2.05) is 13.8 Å². The summed E-state index contributed by atoms with van der Waals surface area (Å²) in [7, 11) is 0. The van der Waals surface area contributed by atoms with Gasteiger partial charge in [-0.25, -0.2) is 0 Å². The maximum absolute atomic E-state index is 13.0. The Labute approximate surface area is 155 Å². The minimum atomic E-state index is -0.751. The fraction of sp³-hybridized carbons (Fsp3) is 0.556. The van der Waals surface area contributed by atoms with Gasteiger partial charge in [-0.1, -0.05) is 13.8 Å². The Hall–Kier alpha value is -2.09. The van der Waals surface area contributed by atoms with Crippen LogP contribution in [0.1, 0.15) is 43.5 Å². The maximum atomic E-state index is 13.0. The van der Waals surface area contributed by atoms with Crippen LogP contribution in [0.3, 0.4) is 0 Å². The van der Waals surface area contributed by atoms with Gasteiger partial charge in [-0.2, -0.15) is 0 Å². The first-order valence-electron chi connectivity index (χ1n) is 8.71. The van der Waals surface area contributed by atoms with Crippen LogP contribution in [0.4, 0.5) is 5.69 Å². The number of rotatable bonds is 5. The van der Waals surface area contributed by atoms with Crippen LogP contribution < -0.4 is 0 Å². The highest BCUT2D eigenvalue weighted by molar-refractivity contribution is 8.00. The van der Waals surface area contributed by atoms with Gasteiger partial charge >= 0.3 is 5.97 Å². The summed E-state index contributed by atoms with van der Waals surface area (Å²) in [4.78, 5) is 37.2. The molecule has 2 aliphatic rings. The highest BCUT2D eigenvalue weighted by Crippen LogP contribution is 2.59. The number of aliphatic carboxylic acids is 1. The van der Waals surface area contributed by atoms with Crippen molar-refractivity contribution < 1.29 is 19.6 Å². The van der Waals surface area contributed by atoms with Gasteiger partial charge in [-0.05, 0) is 30.7 Å². The monoisotopic (exact) mass is 378 g/mol. The summed E-state index contributed by atoms with van der Waals surface area (Å²) in [5, 5.41) is 20.5. The SMILES string of the molecule is CC(C)Sc1ccc([N+](=O)[O-])cc1C(=O)N1CCC2(CC1)CC2C(=O)O. The van der Waals surface area contributed by atoms with E-state index in [0.717, 1.165) is 4.90 Å². The van der Waals surface area contributed by atoms with E-state index in [0.29, 0.717) is 37.9 Å². The second-order valence-corrected chi connectivity index (χ2v) is 8.97. The Bertz CT molecular complexity index is 756. The van der Waals surface area contributed by atoms with Crippen LogP contribution >= 0.6 is 11.8 Å². The highest BCUT2D eigenvalue weighted by atomic mass is 32.2. The van der Waals surface area contributed by atoms with Crippen molar-refractivity contribution in [2.75, 3.05) is 13.1 Å². The molecule has 1 saturated heterocycles. The standard InChI is InChI=1S/C18H22N2O5S/c1-11(2)26-15-4-3-12(20(24)25)9-13(15)16(21)19-7-5-18(6-8-19)10-14(18)17(22)23/h3-4,9,11,14H,5-8,10H2,1-2H3,(H,22,23). The number of nitro benzene ring substituents is 1. The van der Waals surface area contributed by atoms with Crippen molar-refractivity contribution in [2.24, 2.45) is 11.3 Å². The smallest absolute Gasteiger partial charge is 0.307 e. The van der Waals surface area contributed by atoms with Gasteiger partial charge in [-0.3, -0.25) is 19.7 Å². The third kappa shape index (κ3) is 3.56. The largest absolute Gasteiger partial charge is 0.481 e. The van der Waals surface area contributed by atoms with Gasteiger partial charge in [0, 0.05) is 35.4 Å². The van der Waals surface area contributed by atoms with Crippen molar-refractivity contribution in [1.82, 2.24) is 4.90 Å². The number of carbonyl (C=O) groups is 2. The number of nitrogens with zero attached hydrogens (tertiary/aromatic N) is 2. The van der Waals surface area contributed by atoms with Crippen molar-refractivity contribution in [3.05, 3.63) is 33.9 Å². The zero-order valence-corrected chi connectivity index (χ0v) is 15.6. The molecular weight excluding hydrogens is 356 g/mol. The number of nitro groups is 1. The molecule has 1 amide bonds. The lowest BCUT2D eigenvalue weighted by atomic mass is 9.90. The summed E-state index contributed by atoms with van der Waals surface area (Å²) >= 11 is 1.51. The molecule has 3 rings (SSSR count). The van der Waals surface area contributed by atoms with E-state index in [1.165, 1.54) is 23.9 Å². The number of amides is 1. The predicted octanol–water partition coefficient (Wildman–Crippen LogP) is 3.42. The molecule has 1 heterocycles. The number of carbonyl (C=O) groups excluding carboxylic acids is 1. The first-order valence-corrected chi connectivity index (χ1v) is 9.59. The quantitative estimate of drug-likeness (QED) is 0.479. The van der Waals surface area contributed by atoms with Crippen molar-refractivity contribution in [2.45, 2.75) is 43.3 Å². The summed E-state index contributed by atoms with van der Waals surface area (Å²) < 4.78 is 0. The molecule has 1 aliphatic heterocycles. The summed E-state index contributed by atoms with van der Waals surface area (Å²) in [6.45, 7) is 5.00. The number of piperidine rings is 1. The van der Waals surface area contributed by atoms with Gasteiger partial charge in [0.15, 0.2) is 0 Å². The summed E-state index contributed by atoms with van der Waals surface area (Å²) in [6.07, 6.45) is 2.05. The number of hydrogen-bond acceptors (Lipinski definition) is 5. The lowest BCUT2D eigenvalue weighted by Crippen LogP contribution is -2.40. The van der Waals surface area contributed by atoms with Gasteiger partial charge in [0.1, 0.15) is 0 Å². The third-order valence-corrected chi connectivity index (χ3v) is 6.38. The molecule has 0 aromatic heterocycles. The van der Waals surface area contributed by atoms with Gasteiger partial charge in [0.25, 0.3) is 11.6 Å². The van der Waals surface area contributed by atoms with Crippen molar-refractivity contribution >= 4 is 29.3 Å². The molecule has 1 unspecified atom stereocenters. The summed E-state index contributed by atoms with van der Waals surface area (Å²) in [5.74, 6) is -1.25. The van der Waals surface area contributed by atoms with Crippen LogP contribution in [0.2, 0.25) is 0 Å². The van der Waals surface area contributed by atoms with Gasteiger partial charge < -0.3 is 10.0 Å². The lowest BCUT2D eigenvalue weighted by Gasteiger charge is -2.33. The van der Waals surface area contributed by atoms with Crippen molar-refractivity contribution in [3.8, 4) is 0 Å². The molecule has 1 aliphatic carbocycles. The van der Waals surface area contributed by atoms with Gasteiger partial charge in [0.2, 0.25) is 0 Å². The fourth-order valence-corrected chi connectivity index (χ4v) is 4.66. The number of non-ortho nitro benzene ring substituents is 1. The zero-order chi connectivity index (χ0) is 19.1. The number of benzene rings is 1. The third-order valence-electron chi connectivity index (χ3n) is 5.30. The normalized spacial score (nSPS) is 21.0. The van der Waals surface area contributed by atoms with Crippen LogP contribution in [0.25, 0.3) is 0 Å². The molecule has 0 bridgehead atoms. The molecule has 0 radical (unpaired) electrons. The zero-order valence-electron chi connectivity index (χ0n) is 14.8. The number of carboxylic acid groups (broad SMARTS) is 1. The molecule has 1 saturated carbocycles. The first-order chi connectivity index (χ1) is 12.2. The van der Waals surface area contributed by atoms with Gasteiger partial charge in [0.05, 0.1) is 16.4 Å². The minimum Gasteiger partial charge on any atom is -0.481 e. The maximum Gasteiger partial charge on any atom is 0.307 e. The molecule has 8 heteroatoms. The average Bonchev–Trinajstić information content (AvgIpc) is 3.28. The van der Waals surface area contributed by atoms with Crippen LogP contribution in [0.5, 0.6) is 0 Å². The van der Waals surface area contributed by atoms with Crippen LogP contribution in [-0.4, -0.2) is 45.1 Å². The van der Waals surface area contributed by atoms with E-state index in [4.69, 9.17) is 0 Å². The van der Waals surface area contributed by atoms with E-state index in [9.17, 15) is 24.8 Å². The topological polar surface area (TPSA) is 101 Å². The fourth-order valence-electron chi connectivity index (χ4n) is 3.73. The van der Waals surface area contributed by atoms with E-state index in [2.05, 4.69) is 0 Å². The predicted molar refractivity (Wildman–Crippen MR) is 97.4 cm³/mol. The molecule has 2 fully saturated rings. The first kappa shape index (κ1) is 18.7. The summed E-state index contributed by atoms with van der Waals surface area (Å²) in [6, 6.07) is 4.42. The Balaban J connectivity index is 1.78. The molecule has 1 aromatic carbocycles. The van der Waals surface area contributed by atoms with Crippen LogP contribution in [0.15, 0.2) is 23.1 Å². The van der Waals surface area contributed by atoms with Gasteiger partial charge in [-0.15, -0.1) is 11.8 Å². The van der Waals surface area contributed by atoms with E-state index >= 15 is 0 Å². The second kappa shape index (κ2) is 6.90. The lowest BCUT2D eigenvalue weighted by molar-refractivity contribution is -0.384.